The molecule has 3 aliphatic heterocycles. The van der Waals surface area contributed by atoms with E-state index >= 15 is 0 Å². The maximum atomic E-state index is 13.2. The molecule has 6 rings (SSSR count). The minimum Gasteiger partial charge on any atom is -0.496 e. The number of nitrogens with one attached hydrogen (secondary N) is 1. The number of benzene rings is 3. The lowest BCUT2D eigenvalue weighted by molar-refractivity contribution is -0.164. The minimum atomic E-state index is -0.967. The third kappa shape index (κ3) is 4.35. The van der Waals surface area contributed by atoms with Gasteiger partial charge in [-0.1, -0.05) is 78.4 Å². The molecule has 4 atom stereocenters. The van der Waals surface area contributed by atoms with Gasteiger partial charge in [0.2, 0.25) is 0 Å². The summed E-state index contributed by atoms with van der Waals surface area (Å²) in [5.41, 5.74) is 3.49. The number of nitrogens with zero attached hydrogens (tertiary/aromatic N) is 1. The van der Waals surface area contributed by atoms with E-state index in [4.69, 9.17) is 4.74 Å². The summed E-state index contributed by atoms with van der Waals surface area (Å²) < 4.78 is 5.57. The van der Waals surface area contributed by atoms with Crippen molar-refractivity contribution in [2.45, 2.75) is 43.8 Å². The SMILES string of the molecule is COc1ccc(C)cc1CN[C@@H]1CN2CC[C@H]1CC2(C(=O)O)C(c1ccccc1)c1ccccc1. The highest BCUT2D eigenvalue weighted by molar-refractivity contribution is 5.82. The van der Waals surface area contributed by atoms with Crippen LogP contribution in [0.25, 0.3) is 0 Å². The molecule has 35 heavy (non-hydrogen) atoms. The summed E-state index contributed by atoms with van der Waals surface area (Å²) in [4.78, 5) is 15.4. The highest BCUT2D eigenvalue weighted by atomic mass is 16.5. The van der Waals surface area contributed by atoms with Crippen LogP contribution in [-0.4, -0.2) is 47.8 Å². The first-order chi connectivity index (χ1) is 17.0. The Morgan fingerprint density at radius 2 is 1.74 bits per heavy atom. The van der Waals surface area contributed by atoms with Gasteiger partial charge < -0.3 is 15.2 Å². The molecule has 0 aliphatic carbocycles. The Hall–Kier alpha value is -3.15. The number of hydrogen-bond acceptors (Lipinski definition) is 4. The molecule has 3 saturated heterocycles. The Bertz CT molecular complexity index is 1130. The van der Waals surface area contributed by atoms with E-state index in [0.29, 0.717) is 18.9 Å². The van der Waals surface area contributed by atoms with Crippen molar-refractivity contribution in [2.24, 2.45) is 5.92 Å². The molecule has 3 heterocycles. The van der Waals surface area contributed by atoms with E-state index in [2.05, 4.69) is 53.5 Å². The van der Waals surface area contributed by atoms with E-state index in [1.54, 1.807) is 7.11 Å². The highest BCUT2D eigenvalue weighted by Gasteiger charge is 2.59. The van der Waals surface area contributed by atoms with Gasteiger partial charge in [-0.2, -0.15) is 0 Å². The first-order valence-corrected chi connectivity index (χ1v) is 12.5. The number of methoxy groups -OCH3 is 1. The van der Waals surface area contributed by atoms with Crippen molar-refractivity contribution in [1.29, 1.82) is 0 Å². The number of aryl methyl sites for hydroxylation is 1. The smallest absolute Gasteiger partial charge is 0.325 e. The molecule has 3 aromatic carbocycles. The van der Waals surface area contributed by atoms with Crippen molar-refractivity contribution in [3.05, 3.63) is 101 Å². The molecule has 3 fully saturated rings. The van der Waals surface area contributed by atoms with E-state index in [1.807, 2.05) is 42.5 Å². The average Bonchev–Trinajstić information content (AvgIpc) is 2.89. The molecule has 0 aromatic heterocycles. The second-order valence-electron chi connectivity index (χ2n) is 9.99. The Kier molecular flexibility index (Phi) is 6.63. The molecule has 3 aromatic rings. The van der Waals surface area contributed by atoms with E-state index in [-0.39, 0.29) is 12.0 Å². The topological polar surface area (TPSA) is 61.8 Å². The molecule has 0 saturated carbocycles. The van der Waals surface area contributed by atoms with Gasteiger partial charge in [-0.15, -0.1) is 0 Å². The highest BCUT2D eigenvalue weighted by Crippen LogP contribution is 2.50. The monoisotopic (exact) mass is 470 g/mol. The van der Waals surface area contributed by atoms with Crippen molar-refractivity contribution >= 4 is 5.97 Å². The lowest BCUT2D eigenvalue weighted by Crippen LogP contribution is -2.71. The van der Waals surface area contributed by atoms with Gasteiger partial charge in [0.15, 0.2) is 0 Å². The summed E-state index contributed by atoms with van der Waals surface area (Å²) in [6.45, 7) is 4.33. The number of ether oxygens (including phenoxy) is 1. The third-order valence-electron chi connectivity index (χ3n) is 8.00. The summed E-state index contributed by atoms with van der Waals surface area (Å²) in [6, 6.07) is 26.8. The van der Waals surface area contributed by atoms with E-state index in [0.717, 1.165) is 42.0 Å². The number of rotatable bonds is 8. The standard InChI is InChI=1S/C30H34N2O3/c1-21-13-14-27(35-2)25(17-21)19-31-26-20-32-16-15-24(26)18-30(32,29(33)34)28(22-9-5-3-6-10-22)23-11-7-4-8-12-23/h3-14,17,24,26,28,31H,15-16,18-20H2,1-2H3,(H,33,34)/t24-,26+,30?/m0/s1. The predicted molar refractivity (Wildman–Crippen MR) is 138 cm³/mol. The summed E-state index contributed by atoms with van der Waals surface area (Å²) in [7, 11) is 1.71. The van der Waals surface area contributed by atoms with Gasteiger partial charge in [-0.25, -0.2) is 0 Å². The second kappa shape index (κ2) is 9.84. The number of aliphatic carboxylic acids is 1. The summed E-state index contributed by atoms with van der Waals surface area (Å²) in [6.07, 6.45) is 1.63. The van der Waals surface area contributed by atoms with Gasteiger partial charge in [0.05, 0.1) is 7.11 Å². The first kappa shape index (κ1) is 23.6. The molecular weight excluding hydrogens is 436 g/mol. The zero-order valence-electron chi connectivity index (χ0n) is 20.5. The first-order valence-electron chi connectivity index (χ1n) is 12.5. The fourth-order valence-electron chi connectivity index (χ4n) is 6.34. The van der Waals surface area contributed by atoms with Crippen LogP contribution in [0.4, 0.5) is 0 Å². The van der Waals surface area contributed by atoms with Crippen LogP contribution in [-0.2, 0) is 11.3 Å². The fourth-order valence-corrected chi connectivity index (χ4v) is 6.34. The molecule has 2 unspecified atom stereocenters. The second-order valence-corrected chi connectivity index (χ2v) is 9.99. The van der Waals surface area contributed by atoms with Crippen LogP contribution >= 0.6 is 0 Å². The normalized spacial score (nSPS) is 25.5. The van der Waals surface area contributed by atoms with Crippen molar-refractivity contribution < 1.29 is 14.6 Å². The van der Waals surface area contributed by atoms with Crippen LogP contribution in [0, 0.1) is 12.8 Å². The van der Waals surface area contributed by atoms with E-state index < -0.39 is 11.5 Å². The summed E-state index contributed by atoms with van der Waals surface area (Å²) >= 11 is 0. The van der Waals surface area contributed by atoms with Crippen LogP contribution in [0.1, 0.15) is 41.0 Å². The maximum absolute atomic E-state index is 13.2. The number of carboxylic acid groups (broad SMARTS) is 1. The Balaban J connectivity index is 1.45. The van der Waals surface area contributed by atoms with Gasteiger partial charge in [-0.3, -0.25) is 9.69 Å². The number of fused-ring (bicyclic) bond motifs is 3. The molecule has 0 amide bonds. The summed E-state index contributed by atoms with van der Waals surface area (Å²) in [5, 5.41) is 14.6. The van der Waals surface area contributed by atoms with Crippen LogP contribution in [0.2, 0.25) is 0 Å². The van der Waals surface area contributed by atoms with Crippen LogP contribution in [0.15, 0.2) is 78.9 Å². The largest absolute Gasteiger partial charge is 0.496 e. The Morgan fingerprint density at radius 3 is 2.29 bits per heavy atom. The molecule has 2 bridgehead atoms. The lowest BCUT2D eigenvalue weighted by atomic mass is 9.63. The maximum Gasteiger partial charge on any atom is 0.325 e. The molecular formula is C30H34N2O3. The van der Waals surface area contributed by atoms with Gasteiger partial charge in [0.25, 0.3) is 0 Å². The lowest BCUT2D eigenvalue weighted by Gasteiger charge is -2.58. The quantitative estimate of drug-likeness (QED) is 0.493. The fraction of sp³-hybridized carbons (Fsp3) is 0.367. The third-order valence-corrected chi connectivity index (χ3v) is 8.00. The van der Waals surface area contributed by atoms with Crippen LogP contribution in [0.3, 0.4) is 0 Å². The van der Waals surface area contributed by atoms with Gasteiger partial charge in [0, 0.05) is 30.6 Å². The van der Waals surface area contributed by atoms with Gasteiger partial charge >= 0.3 is 5.97 Å². The summed E-state index contributed by atoms with van der Waals surface area (Å²) in [5.74, 6) is 0.223. The average molecular weight is 471 g/mol. The Labute approximate surface area is 207 Å². The predicted octanol–water partition coefficient (Wildman–Crippen LogP) is 4.84. The zero-order chi connectivity index (χ0) is 24.4. The van der Waals surface area contributed by atoms with E-state index in [9.17, 15) is 9.90 Å². The zero-order valence-corrected chi connectivity index (χ0v) is 20.5. The molecule has 182 valence electrons. The minimum absolute atomic E-state index is 0.233. The van der Waals surface area contributed by atoms with Crippen LogP contribution < -0.4 is 10.1 Å². The van der Waals surface area contributed by atoms with E-state index in [1.165, 1.54) is 5.56 Å². The number of carbonyl (C=O) groups is 1. The van der Waals surface area contributed by atoms with Crippen molar-refractivity contribution in [2.75, 3.05) is 20.2 Å². The van der Waals surface area contributed by atoms with Crippen molar-refractivity contribution in [3.63, 3.8) is 0 Å². The molecule has 5 nitrogen and oxygen atoms in total. The van der Waals surface area contributed by atoms with Crippen molar-refractivity contribution in [3.8, 4) is 5.75 Å². The van der Waals surface area contributed by atoms with Crippen molar-refractivity contribution in [1.82, 2.24) is 10.2 Å². The Morgan fingerprint density at radius 1 is 1.09 bits per heavy atom. The van der Waals surface area contributed by atoms with Gasteiger partial charge in [0.1, 0.15) is 11.3 Å². The number of hydrogen-bond donors (Lipinski definition) is 2. The molecule has 0 radical (unpaired) electrons. The molecule has 5 heteroatoms. The van der Waals surface area contributed by atoms with Crippen LogP contribution in [0.5, 0.6) is 5.75 Å². The van der Waals surface area contributed by atoms with Gasteiger partial charge in [-0.05, 0) is 49.4 Å². The number of piperidine rings is 3. The number of carboxylic acids is 1. The molecule has 0 spiro atoms. The molecule has 2 N–H and O–H groups in total. The molecule has 3 aliphatic rings.